The Hall–Kier alpha value is -2.24. The first-order valence-electron chi connectivity index (χ1n) is 7.77. The summed E-state index contributed by atoms with van der Waals surface area (Å²) in [5.74, 6) is -2.29. The fourth-order valence-electron chi connectivity index (χ4n) is 2.10. The largest absolute Gasteiger partial charge is 0.442 e. The van der Waals surface area contributed by atoms with Gasteiger partial charge in [-0.25, -0.2) is 8.42 Å². The van der Waals surface area contributed by atoms with Crippen LogP contribution in [0.15, 0.2) is 47.4 Å². The van der Waals surface area contributed by atoms with E-state index >= 15 is 0 Å². The van der Waals surface area contributed by atoms with Gasteiger partial charge < -0.3 is 10.6 Å². The molecule has 156 valence electrons. The highest BCUT2D eigenvalue weighted by atomic mass is 35.5. The van der Waals surface area contributed by atoms with Gasteiger partial charge in [-0.1, -0.05) is 17.7 Å². The van der Waals surface area contributed by atoms with Crippen molar-refractivity contribution >= 4 is 56.4 Å². The first-order valence-corrected chi connectivity index (χ1v) is 11.0. The van der Waals surface area contributed by atoms with Crippen LogP contribution in [0.1, 0.15) is 10.4 Å². The minimum absolute atomic E-state index is 0.0222. The summed E-state index contributed by atoms with van der Waals surface area (Å²) in [5.41, 5.74) is -4.10. The van der Waals surface area contributed by atoms with Crippen LogP contribution in [-0.4, -0.2) is 37.7 Å². The minimum Gasteiger partial charge on any atom is -0.325 e. The molecule has 0 aliphatic rings. The van der Waals surface area contributed by atoms with Crippen LogP contribution in [0, 0.1) is 0 Å². The Morgan fingerprint density at radius 1 is 1.10 bits per heavy atom. The summed E-state index contributed by atoms with van der Waals surface area (Å²) in [5, 5.41) is 4.79. The van der Waals surface area contributed by atoms with Crippen molar-refractivity contribution in [3.63, 3.8) is 0 Å². The predicted molar refractivity (Wildman–Crippen MR) is 106 cm³/mol. The third-order valence-electron chi connectivity index (χ3n) is 3.39. The first-order chi connectivity index (χ1) is 13.3. The van der Waals surface area contributed by atoms with Crippen LogP contribution in [0.2, 0.25) is 5.02 Å². The highest BCUT2D eigenvalue weighted by molar-refractivity contribution is 8.00. The SMILES string of the molecule is CS(=O)(=O)c1cccc(C(=O)Nc2ccc(NC(=O)CSC(F)(F)F)cc2Cl)c1. The van der Waals surface area contributed by atoms with Gasteiger partial charge in [0.2, 0.25) is 5.91 Å². The third-order valence-corrected chi connectivity index (χ3v) is 5.55. The second-order valence-corrected chi connectivity index (χ2v) is 9.19. The van der Waals surface area contributed by atoms with Crippen molar-refractivity contribution in [1.82, 2.24) is 0 Å². The van der Waals surface area contributed by atoms with Crippen molar-refractivity contribution in [2.24, 2.45) is 0 Å². The highest BCUT2D eigenvalue weighted by Crippen LogP contribution is 2.30. The van der Waals surface area contributed by atoms with E-state index in [-0.39, 0.29) is 26.9 Å². The number of sulfone groups is 1. The maximum Gasteiger partial charge on any atom is 0.442 e. The van der Waals surface area contributed by atoms with E-state index in [4.69, 9.17) is 11.6 Å². The molecular weight excluding hydrogens is 453 g/mol. The smallest absolute Gasteiger partial charge is 0.325 e. The van der Waals surface area contributed by atoms with Crippen LogP contribution in [0.4, 0.5) is 24.5 Å². The van der Waals surface area contributed by atoms with E-state index in [1.807, 2.05) is 0 Å². The molecule has 2 aromatic carbocycles. The lowest BCUT2D eigenvalue weighted by Crippen LogP contribution is -2.17. The normalized spacial score (nSPS) is 11.8. The Labute approximate surface area is 173 Å². The van der Waals surface area contributed by atoms with Crippen molar-refractivity contribution in [3.05, 3.63) is 53.1 Å². The van der Waals surface area contributed by atoms with Crippen LogP contribution in [-0.2, 0) is 14.6 Å². The zero-order valence-corrected chi connectivity index (χ0v) is 17.1. The molecule has 0 aromatic heterocycles. The Kier molecular flexibility index (Phi) is 7.20. The summed E-state index contributed by atoms with van der Waals surface area (Å²) in [6, 6.07) is 9.38. The molecule has 0 fully saturated rings. The fourth-order valence-corrected chi connectivity index (χ4v) is 3.36. The van der Waals surface area contributed by atoms with Crippen LogP contribution in [0.25, 0.3) is 0 Å². The van der Waals surface area contributed by atoms with E-state index in [1.165, 1.54) is 42.5 Å². The number of halogens is 4. The molecule has 0 aliphatic carbocycles. The van der Waals surface area contributed by atoms with Gasteiger partial charge in [-0.05, 0) is 48.2 Å². The summed E-state index contributed by atoms with van der Waals surface area (Å²) in [6.07, 6.45) is 1.02. The molecule has 0 atom stereocenters. The minimum atomic E-state index is -4.52. The van der Waals surface area contributed by atoms with Gasteiger partial charge in [0.05, 0.1) is 21.4 Å². The molecular formula is C17H14ClF3N2O4S2. The molecule has 0 saturated heterocycles. The number of carbonyl (C=O) groups is 2. The number of hydrogen-bond donors (Lipinski definition) is 2. The molecule has 0 heterocycles. The van der Waals surface area contributed by atoms with Gasteiger partial charge in [0.25, 0.3) is 5.91 Å². The van der Waals surface area contributed by atoms with Gasteiger partial charge in [-0.2, -0.15) is 13.2 Å². The molecule has 0 unspecified atom stereocenters. The Morgan fingerprint density at radius 3 is 2.38 bits per heavy atom. The van der Waals surface area contributed by atoms with Crippen molar-refractivity contribution in [1.29, 1.82) is 0 Å². The average molecular weight is 467 g/mol. The van der Waals surface area contributed by atoms with Gasteiger partial charge in [0.15, 0.2) is 9.84 Å². The second-order valence-electron chi connectivity index (χ2n) is 5.73. The molecule has 0 spiro atoms. The lowest BCUT2D eigenvalue weighted by molar-refractivity contribution is -0.114. The monoisotopic (exact) mass is 466 g/mol. The van der Waals surface area contributed by atoms with Crippen molar-refractivity contribution in [2.75, 3.05) is 22.6 Å². The predicted octanol–water partition coefficient (Wildman–Crippen LogP) is 4.19. The van der Waals surface area contributed by atoms with Crippen molar-refractivity contribution in [2.45, 2.75) is 10.4 Å². The van der Waals surface area contributed by atoms with Crippen LogP contribution in [0.5, 0.6) is 0 Å². The van der Waals surface area contributed by atoms with Crippen LogP contribution in [0.3, 0.4) is 0 Å². The third kappa shape index (κ3) is 7.26. The van der Waals surface area contributed by atoms with E-state index in [1.54, 1.807) is 0 Å². The Morgan fingerprint density at radius 2 is 1.79 bits per heavy atom. The van der Waals surface area contributed by atoms with E-state index in [2.05, 4.69) is 10.6 Å². The maximum atomic E-state index is 12.3. The molecule has 0 radical (unpaired) electrons. The van der Waals surface area contributed by atoms with Gasteiger partial charge in [-0.3, -0.25) is 9.59 Å². The topological polar surface area (TPSA) is 92.3 Å². The number of hydrogen-bond acceptors (Lipinski definition) is 5. The molecule has 0 aliphatic heterocycles. The van der Waals surface area contributed by atoms with Crippen molar-refractivity contribution in [3.8, 4) is 0 Å². The number of thioether (sulfide) groups is 1. The molecule has 0 bridgehead atoms. The van der Waals surface area contributed by atoms with Crippen LogP contribution >= 0.6 is 23.4 Å². The number of rotatable bonds is 6. The molecule has 2 rings (SSSR count). The number of anilines is 2. The van der Waals surface area contributed by atoms with Gasteiger partial charge in [-0.15, -0.1) is 0 Å². The zero-order valence-electron chi connectivity index (χ0n) is 14.7. The maximum absolute atomic E-state index is 12.3. The van der Waals surface area contributed by atoms with Crippen molar-refractivity contribution < 1.29 is 31.2 Å². The van der Waals surface area contributed by atoms with Gasteiger partial charge in [0, 0.05) is 17.5 Å². The van der Waals surface area contributed by atoms with Crippen LogP contribution < -0.4 is 10.6 Å². The summed E-state index contributed by atoms with van der Waals surface area (Å²) in [7, 11) is -3.49. The van der Waals surface area contributed by atoms with E-state index in [9.17, 15) is 31.2 Å². The average Bonchev–Trinajstić information content (AvgIpc) is 2.61. The standard InChI is InChI=1S/C17H14ClF3N2O4S2/c1-29(26,27)12-4-2-3-10(7-12)16(25)23-14-6-5-11(8-13(14)18)22-15(24)9-28-17(19,20)21/h2-8H,9H2,1H3,(H,22,24)(H,23,25). The first kappa shape index (κ1) is 23.0. The van der Waals surface area contributed by atoms with E-state index in [0.717, 1.165) is 6.26 Å². The summed E-state index contributed by atoms with van der Waals surface area (Å²) in [6.45, 7) is 0. The number of benzene rings is 2. The molecule has 12 heteroatoms. The Balaban J connectivity index is 2.07. The van der Waals surface area contributed by atoms with Gasteiger partial charge >= 0.3 is 5.51 Å². The van der Waals surface area contributed by atoms with Gasteiger partial charge in [0.1, 0.15) is 0 Å². The lowest BCUT2D eigenvalue weighted by atomic mass is 10.2. The summed E-state index contributed by atoms with van der Waals surface area (Å²) in [4.78, 5) is 23.9. The number of nitrogens with one attached hydrogen (secondary N) is 2. The Bertz CT molecular complexity index is 1040. The van der Waals surface area contributed by atoms with E-state index < -0.39 is 44.7 Å². The quantitative estimate of drug-likeness (QED) is 0.666. The number of carbonyl (C=O) groups excluding carboxylic acids is 2. The van der Waals surface area contributed by atoms with E-state index in [0.29, 0.717) is 0 Å². The summed E-state index contributed by atoms with van der Waals surface area (Å²) < 4.78 is 59.5. The zero-order chi connectivity index (χ0) is 21.8. The molecule has 2 amide bonds. The molecule has 0 saturated carbocycles. The number of alkyl halides is 3. The number of amides is 2. The fraction of sp³-hybridized carbons (Fsp3) is 0.176. The lowest BCUT2D eigenvalue weighted by Gasteiger charge is -2.11. The molecule has 2 aromatic rings. The second kappa shape index (κ2) is 9.06. The summed E-state index contributed by atoms with van der Waals surface area (Å²) >= 11 is 5.58. The molecule has 2 N–H and O–H groups in total. The molecule has 29 heavy (non-hydrogen) atoms. The molecule has 6 nitrogen and oxygen atoms in total. The highest BCUT2D eigenvalue weighted by Gasteiger charge is 2.29.